The summed E-state index contributed by atoms with van der Waals surface area (Å²) in [6.07, 6.45) is 5.19. The summed E-state index contributed by atoms with van der Waals surface area (Å²) >= 11 is 12.1. The number of hydrogen-bond donors (Lipinski definition) is 1. The smallest absolute Gasteiger partial charge is 0.251 e. The summed E-state index contributed by atoms with van der Waals surface area (Å²) in [6, 6.07) is 4.05. The van der Waals surface area contributed by atoms with E-state index in [0.717, 1.165) is 12.0 Å². The molecular weight excluding hydrogens is 614 g/mol. The van der Waals surface area contributed by atoms with Crippen molar-refractivity contribution in [3.05, 3.63) is 54.1 Å². The Balaban J connectivity index is 1.86. The molecule has 3 heterocycles. The Hall–Kier alpha value is -1.81. The number of thioether (sulfide) groups is 1. The number of aliphatic hydroxyl groups is 1. The highest BCUT2D eigenvalue weighted by molar-refractivity contribution is 9.09. The number of para-hydroxylation sites is 1. The standard InChI is InChI=1S/C30H39BrClN3O4S/c1-6-13-33(14-7-2)27(37)22-23-28(38)35(19(9-4)17-36)26(30(23)16-20(31)25(22)40-30)29(39)34(15-8-3)24-18(5)11-10-12-21(24)32/h6,8,10-12,19-20,22-23,25-26,36H,1,3,7,9,13-17H2,2,4-5H3/t19-,20?,22-,23-,25-,26?,30?/m0/s1. The van der Waals surface area contributed by atoms with Crippen molar-refractivity contribution < 1.29 is 19.5 Å². The Morgan fingerprint density at radius 2 is 1.98 bits per heavy atom. The van der Waals surface area contributed by atoms with Crippen molar-refractivity contribution in [3.63, 3.8) is 0 Å². The number of amides is 3. The fourth-order valence-corrected chi connectivity index (χ4v) is 10.8. The van der Waals surface area contributed by atoms with Crippen LogP contribution in [0, 0.1) is 18.8 Å². The third-order valence-electron chi connectivity index (χ3n) is 8.51. The molecule has 40 heavy (non-hydrogen) atoms. The van der Waals surface area contributed by atoms with E-state index >= 15 is 0 Å². The molecule has 4 rings (SSSR count). The molecular formula is C30H39BrClN3O4S. The Labute approximate surface area is 255 Å². The van der Waals surface area contributed by atoms with Crippen molar-refractivity contribution in [3.8, 4) is 0 Å². The monoisotopic (exact) mass is 651 g/mol. The highest BCUT2D eigenvalue weighted by atomic mass is 79.9. The Kier molecular flexibility index (Phi) is 9.80. The second-order valence-corrected chi connectivity index (χ2v) is 14.0. The number of likely N-dealkylation sites (tertiary alicyclic amines) is 1. The van der Waals surface area contributed by atoms with Crippen LogP contribution in [0.1, 0.15) is 38.7 Å². The maximum Gasteiger partial charge on any atom is 0.251 e. The molecule has 7 atom stereocenters. The van der Waals surface area contributed by atoms with Gasteiger partial charge in [0.2, 0.25) is 11.8 Å². The van der Waals surface area contributed by atoms with Crippen LogP contribution in [-0.4, -0.2) is 85.8 Å². The van der Waals surface area contributed by atoms with Crippen molar-refractivity contribution >= 4 is 62.7 Å². The topological polar surface area (TPSA) is 81.2 Å². The van der Waals surface area contributed by atoms with Crippen LogP contribution in [0.15, 0.2) is 43.5 Å². The number of rotatable bonds is 12. The van der Waals surface area contributed by atoms with Gasteiger partial charge in [0.05, 0.1) is 39.9 Å². The Bertz CT molecular complexity index is 1160. The lowest BCUT2D eigenvalue weighted by molar-refractivity contribution is -0.145. The molecule has 0 aliphatic carbocycles. The normalized spacial score (nSPS) is 29.3. The van der Waals surface area contributed by atoms with Gasteiger partial charge in [-0.2, -0.15) is 0 Å². The third kappa shape index (κ3) is 4.95. The molecule has 3 aliphatic heterocycles. The van der Waals surface area contributed by atoms with Crippen molar-refractivity contribution in [2.24, 2.45) is 11.8 Å². The predicted octanol–water partition coefficient (Wildman–Crippen LogP) is 4.83. The molecule has 3 amide bonds. The van der Waals surface area contributed by atoms with Crippen LogP contribution < -0.4 is 4.90 Å². The van der Waals surface area contributed by atoms with E-state index in [2.05, 4.69) is 29.1 Å². The summed E-state index contributed by atoms with van der Waals surface area (Å²) in [5, 5.41) is 10.7. The number of alkyl halides is 1. The Morgan fingerprint density at radius 1 is 1.27 bits per heavy atom. The molecule has 218 valence electrons. The van der Waals surface area contributed by atoms with E-state index in [1.807, 2.05) is 32.9 Å². The largest absolute Gasteiger partial charge is 0.394 e. The fourth-order valence-electron chi connectivity index (χ4n) is 6.90. The maximum atomic E-state index is 14.8. The zero-order valence-electron chi connectivity index (χ0n) is 23.4. The summed E-state index contributed by atoms with van der Waals surface area (Å²) in [4.78, 5) is 48.3. The van der Waals surface area contributed by atoms with Crippen LogP contribution in [0.5, 0.6) is 0 Å². The molecule has 1 N–H and O–H groups in total. The first kappa shape index (κ1) is 31.1. The number of benzene rings is 1. The van der Waals surface area contributed by atoms with Gasteiger partial charge < -0.3 is 19.8 Å². The minimum atomic E-state index is -0.871. The molecule has 0 saturated carbocycles. The number of halogens is 2. The first-order chi connectivity index (χ1) is 19.1. The molecule has 7 nitrogen and oxygen atoms in total. The van der Waals surface area contributed by atoms with Gasteiger partial charge >= 0.3 is 0 Å². The average Bonchev–Trinajstić information content (AvgIpc) is 3.51. The van der Waals surface area contributed by atoms with Gasteiger partial charge in [0, 0.05) is 29.7 Å². The molecule has 3 saturated heterocycles. The second kappa shape index (κ2) is 12.6. The van der Waals surface area contributed by atoms with Crippen molar-refractivity contribution in [2.45, 2.75) is 66.9 Å². The minimum absolute atomic E-state index is 0.0398. The number of carbonyl (C=O) groups is 3. The predicted molar refractivity (Wildman–Crippen MR) is 166 cm³/mol. The number of hydrogen-bond acceptors (Lipinski definition) is 5. The first-order valence-electron chi connectivity index (χ1n) is 13.9. The first-order valence-corrected chi connectivity index (χ1v) is 16.1. The molecule has 1 spiro atoms. The third-order valence-corrected chi connectivity index (χ3v) is 12.0. The van der Waals surface area contributed by atoms with Crippen LogP contribution in [0.2, 0.25) is 5.02 Å². The molecule has 3 aliphatic rings. The molecule has 1 aromatic carbocycles. The highest BCUT2D eigenvalue weighted by Gasteiger charge is 2.76. The van der Waals surface area contributed by atoms with Crippen LogP contribution in [0.25, 0.3) is 0 Å². The molecule has 3 unspecified atom stereocenters. The van der Waals surface area contributed by atoms with E-state index < -0.39 is 28.7 Å². The van der Waals surface area contributed by atoms with Crippen molar-refractivity contribution in [1.29, 1.82) is 0 Å². The number of nitrogens with zero attached hydrogens (tertiary/aromatic N) is 3. The number of anilines is 1. The van der Waals surface area contributed by atoms with Gasteiger partial charge in [-0.3, -0.25) is 14.4 Å². The van der Waals surface area contributed by atoms with E-state index in [4.69, 9.17) is 11.6 Å². The van der Waals surface area contributed by atoms with Gasteiger partial charge in [-0.05, 0) is 37.8 Å². The number of fused-ring (bicyclic) bond motifs is 1. The summed E-state index contributed by atoms with van der Waals surface area (Å²) in [7, 11) is 0. The summed E-state index contributed by atoms with van der Waals surface area (Å²) in [5.74, 6) is -1.81. The van der Waals surface area contributed by atoms with E-state index in [-0.39, 0.29) is 41.0 Å². The van der Waals surface area contributed by atoms with E-state index in [9.17, 15) is 19.5 Å². The van der Waals surface area contributed by atoms with Crippen LogP contribution in [0.4, 0.5) is 5.69 Å². The highest BCUT2D eigenvalue weighted by Crippen LogP contribution is 2.68. The number of carbonyl (C=O) groups excluding carboxylic acids is 3. The van der Waals surface area contributed by atoms with Gasteiger partial charge in [-0.1, -0.05) is 65.7 Å². The average molecular weight is 653 g/mol. The summed E-state index contributed by atoms with van der Waals surface area (Å²) < 4.78 is -0.823. The quantitative estimate of drug-likeness (QED) is 0.259. The van der Waals surface area contributed by atoms with Gasteiger partial charge in [0.15, 0.2) is 0 Å². The van der Waals surface area contributed by atoms with Gasteiger partial charge in [0.25, 0.3) is 5.91 Å². The molecule has 3 fully saturated rings. The SMILES string of the molecule is C=CCN(CCC)C(=O)[C@H]1[C@H]2C(=O)N([C@@H](CC)CO)C(C(=O)N(CC=C)c3c(C)cccc3Cl)C23CC(Br)[C@@H]1S3. The van der Waals surface area contributed by atoms with Crippen LogP contribution >= 0.6 is 39.3 Å². The van der Waals surface area contributed by atoms with Gasteiger partial charge in [-0.25, -0.2) is 0 Å². The van der Waals surface area contributed by atoms with Crippen molar-refractivity contribution in [1.82, 2.24) is 9.80 Å². The van der Waals surface area contributed by atoms with E-state index in [1.54, 1.807) is 44.7 Å². The van der Waals surface area contributed by atoms with Gasteiger partial charge in [-0.15, -0.1) is 24.9 Å². The fraction of sp³-hybridized carbons (Fsp3) is 0.567. The zero-order valence-corrected chi connectivity index (χ0v) is 26.6. The van der Waals surface area contributed by atoms with E-state index in [0.29, 0.717) is 36.6 Å². The lowest BCUT2D eigenvalue weighted by Gasteiger charge is -2.40. The van der Waals surface area contributed by atoms with Crippen LogP contribution in [0.3, 0.4) is 0 Å². The molecule has 10 heteroatoms. The van der Waals surface area contributed by atoms with Gasteiger partial charge in [0.1, 0.15) is 6.04 Å². The van der Waals surface area contributed by atoms with Crippen LogP contribution in [-0.2, 0) is 14.4 Å². The maximum absolute atomic E-state index is 14.8. The lowest BCUT2D eigenvalue weighted by Crippen LogP contribution is -2.58. The van der Waals surface area contributed by atoms with Crippen molar-refractivity contribution in [2.75, 3.05) is 31.1 Å². The zero-order chi connectivity index (χ0) is 29.4. The number of aryl methyl sites for hydroxylation is 1. The second-order valence-electron chi connectivity index (χ2n) is 10.9. The summed E-state index contributed by atoms with van der Waals surface area (Å²) in [6.45, 7) is 14.4. The van der Waals surface area contributed by atoms with E-state index in [1.165, 1.54) is 0 Å². The molecule has 2 bridgehead atoms. The molecule has 0 aromatic heterocycles. The Morgan fingerprint density at radius 3 is 2.55 bits per heavy atom. The summed E-state index contributed by atoms with van der Waals surface area (Å²) in [5.41, 5.74) is 1.41. The molecule has 1 aromatic rings. The number of aliphatic hydroxyl groups excluding tert-OH is 1. The molecule has 0 radical (unpaired) electrons. The minimum Gasteiger partial charge on any atom is -0.394 e. The lowest BCUT2D eigenvalue weighted by atomic mass is 9.70.